The standard InChI is InChI=1S/C6H4BrCl2NO2S/c7-6-4(9)1-3(8)2-5(6)13(10,11)12/h1-2H,(H2,10,11,12). The number of benzene rings is 1. The summed E-state index contributed by atoms with van der Waals surface area (Å²) >= 11 is 14.3. The van der Waals surface area contributed by atoms with Crippen molar-refractivity contribution in [3.8, 4) is 0 Å². The Hall–Kier alpha value is 0.190. The number of hydrogen-bond donors (Lipinski definition) is 1. The van der Waals surface area contributed by atoms with Gasteiger partial charge < -0.3 is 0 Å². The van der Waals surface area contributed by atoms with Gasteiger partial charge in [0.2, 0.25) is 10.0 Å². The van der Waals surface area contributed by atoms with E-state index in [1.54, 1.807) is 0 Å². The Bertz CT molecular complexity index is 446. The molecule has 0 atom stereocenters. The van der Waals surface area contributed by atoms with E-state index in [1.165, 1.54) is 12.1 Å². The lowest BCUT2D eigenvalue weighted by Crippen LogP contribution is -2.12. The van der Waals surface area contributed by atoms with Gasteiger partial charge in [0.1, 0.15) is 0 Å². The molecule has 0 bridgehead atoms. The van der Waals surface area contributed by atoms with Crippen LogP contribution in [0.2, 0.25) is 10.0 Å². The van der Waals surface area contributed by atoms with Gasteiger partial charge in [0, 0.05) is 5.02 Å². The largest absolute Gasteiger partial charge is 0.239 e. The highest BCUT2D eigenvalue weighted by atomic mass is 79.9. The predicted molar refractivity (Wildman–Crippen MR) is 55.5 cm³/mol. The number of primary sulfonamides is 1. The van der Waals surface area contributed by atoms with E-state index >= 15 is 0 Å². The maximum Gasteiger partial charge on any atom is 0.239 e. The van der Waals surface area contributed by atoms with Gasteiger partial charge in [-0.2, -0.15) is 0 Å². The van der Waals surface area contributed by atoms with Crippen molar-refractivity contribution in [1.29, 1.82) is 0 Å². The SMILES string of the molecule is NS(=O)(=O)c1cc(Cl)cc(Cl)c1Br. The zero-order valence-corrected chi connectivity index (χ0v) is 10.0. The van der Waals surface area contributed by atoms with Gasteiger partial charge in [0.25, 0.3) is 0 Å². The highest BCUT2D eigenvalue weighted by Gasteiger charge is 2.15. The van der Waals surface area contributed by atoms with Gasteiger partial charge in [-0.3, -0.25) is 0 Å². The highest BCUT2D eigenvalue weighted by molar-refractivity contribution is 9.10. The zero-order chi connectivity index (χ0) is 10.2. The Morgan fingerprint density at radius 1 is 1.31 bits per heavy atom. The lowest BCUT2D eigenvalue weighted by molar-refractivity contribution is 0.597. The van der Waals surface area contributed by atoms with Gasteiger partial charge in [-0.15, -0.1) is 0 Å². The van der Waals surface area contributed by atoms with E-state index in [4.69, 9.17) is 28.3 Å². The lowest BCUT2D eigenvalue weighted by Gasteiger charge is -2.03. The fourth-order valence-electron chi connectivity index (χ4n) is 0.739. The number of halogens is 3. The molecule has 0 saturated heterocycles. The Labute approximate surface area is 94.0 Å². The fraction of sp³-hybridized carbons (Fsp3) is 0. The number of hydrogen-bond acceptors (Lipinski definition) is 2. The summed E-state index contributed by atoms with van der Waals surface area (Å²) in [6.45, 7) is 0. The highest BCUT2D eigenvalue weighted by Crippen LogP contribution is 2.32. The Morgan fingerprint density at radius 3 is 2.31 bits per heavy atom. The molecule has 0 unspecified atom stereocenters. The summed E-state index contributed by atoms with van der Waals surface area (Å²) in [5.74, 6) is 0. The first kappa shape index (κ1) is 11.3. The molecule has 2 N–H and O–H groups in total. The minimum atomic E-state index is -3.79. The van der Waals surface area contributed by atoms with Crippen molar-refractivity contribution in [3.63, 3.8) is 0 Å². The topological polar surface area (TPSA) is 60.2 Å². The van der Waals surface area contributed by atoms with Crippen molar-refractivity contribution in [2.75, 3.05) is 0 Å². The first-order valence-electron chi connectivity index (χ1n) is 2.99. The third-order valence-electron chi connectivity index (χ3n) is 1.27. The second kappa shape index (κ2) is 3.74. The quantitative estimate of drug-likeness (QED) is 0.810. The van der Waals surface area contributed by atoms with E-state index < -0.39 is 10.0 Å². The fourth-order valence-corrected chi connectivity index (χ4v) is 2.91. The van der Waals surface area contributed by atoms with Crippen molar-refractivity contribution >= 4 is 49.2 Å². The first-order chi connectivity index (χ1) is 5.82. The van der Waals surface area contributed by atoms with E-state index in [-0.39, 0.29) is 19.4 Å². The summed E-state index contributed by atoms with van der Waals surface area (Å²) in [7, 11) is -3.79. The molecule has 72 valence electrons. The summed E-state index contributed by atoms with van der Waals surface area (Å²) in [4.78, 5) is -0.120. The third kappa shape index (κ3) is 2.57. The molecule has 0 aliphatic rings. The molecule has 0 radical (unpaired) electrons. The van der Waals surface area contributed by atoms with Crippen LogP contribution in [0.5, 0.6) is 0 Å². The molecular weight excluding hydrogens is 301 g/mol. The van der Waals surface area contributed by atoms with Gasteiger partial charge in [0.05, 0.1) is 14.4 Å². The number of rotatable bonds is 1. The van der Waals surface area contributed by atoms with Crippen LogP contribution in [0.4, 0.5) is 0 Å². The molecule has 0 heterocycles. The van der Waals surface area contributed by atoms with E-state index in [9.17, 15) is 8.42 Å². The minimum Gasteiger partial charge on any atom is -0.225 e. The van der Waals surface area contributed by atoms with Crippen LogP contribution < -0.4 is 5.14 Å². The second-order valence-corrected chi connectivity index (χ2v) is 5.41. The van der Waals surface area contributed by atoms with Gasteiger partial charge in [-0.1, -0.05) is 23.2 Å². The van der Waals surface area contributed by atoms with Crippen LogP contribution >= 0.6 is 39.1 Å². The van der Waals surface area contributed by atoms with Crippen LogP contribution in [0.15, 0.2) is 21.5 Å². The molecule has 3 nitrogen and oxygen atoms in total. The summed E-state index contributed by atoms with van der Waals surface area (Å²) < 4.78 is 22.2. The molecule has 0 aliphatic carbocycles. The second-order valence-electron chi connectivity index (χ2n) is 2.24. The molecule has 0 saturated carbocycles. The molecule has 1 rings (SSSR count). The molecule has 0 aromatic heterocycles. The monoisotopic (exact) mass is 303 g/mol. The molecule has 1 aromatic rings. The van der Waals surface area contributed by atoms with Crippen LogP contribution in [-0.4, -0.2) is 8.42 Å². The molecule has 0 fully saturated rings. The third-order valence-corrected chi connectivity index (χ3v) is 4.06. The summed E-state index contributed by atoms with van der Waals surface area (Å²) in [6, 6.07) is 2.65. The van der Waals surface area contributed by atoms with Crippen molar-refractivity contribution in [2.45, 2.75) is 4.90 Å². The van der Waals surface area contributed by atoms with Crippen molar-refractivity contribution in [2.24, 2.45) is 5.14 Å². The molecule has 0 aliphatic heterocycles. The normalized spacial score (nSPS) is 11.7. The average molecular weight is 305 g/mol. The number of nitrogens with two attached hydrogens (primary N) is 1. The molecule has 7 heteroatoms. The van der Waals surface area contributed by atoms with Gasteiger partial charge in [-0.25, -0.2) is 13.6 Å². The van der Waals surface area contributed by atoms with Crippen LogP contribution in [0.3, 0.4) is 0 Å². The molecular formula is C6H4BrCl2NO2S. The van der Waals surface area contributed by atoms with Crippen LogP contribution in [-0.2, 0) is 10.0 Å². The lowest BCUT2D eigenvalue weighted by atomic mass is 10.4. The van der Waals surface area contributed by atoms with Crippen molar-refractivity contribution in [3.05, 3.63) is 26.7 Å². The smallest absolute Gasteiger partial charge is 0.225 e. The van der Waals surface area contributed by atoms with Crippen LogP contribution in [0.25, 0.3) is 0 Å². The maximum absolute atomic E-state index is 11.0. The van der Waals surface area contributed by atoms with Gasteiger partial charge in [-0.05, 0) is 28.1 Å². The Balaban J connectivity index is 3.56. The average Bonchev–Trinajstić information content (AvgIpc) is 1.94. The van der Waals surface area contributed by atoms with Gasteiger partial charge >= 0.3 is 0 Å². The van der Waals surface area contributed by atoms with E-state index in [0.717, 1.165) is 0 Å². The molecule has 0 amide bonds. The Kier molecular flexibility index (Phi) is 3.24. The summed E-state index contributed by atoms with van der Waals surface area (Å²) in [5.41, 5.74) is 0. The minimum absolute atomic E-state index is 0.120. The molecule has 13 heavy (non-hydrogen) atoms. The molecule has 1 aromatic carbocycles. The van der Waals surface area contributed by atoms with Gasteiger partial charge in [0.15, 0.2) is 0 Å². The molecule has 0 spiro atoms. The van der Waals surface area contributed by atoms with Crippen molar-refractivity contribution in [1.82, 2.24) is 0 Å². The summed E-state index contributed by atoms with van der Waals surface area (Å²) in [5, 5.41) is 5.35. The van der Waals surface area contributed by atoms with Crippen LogP contribution in [0.1, 0.15) is 0 Å². The van der Waals surface area contributed by atoms with Crippen LogP contribution in [0, 0.1) is 0 Å². The maximum atomic E-state index is 11.0. The van der Waals surface area contributed by atoms with E-state index in [2.05, 4.69) is 15.9 Å². The first-order valence-corrected chi connectivity index (χ1v) is 6.09. The van der Waals surface area contributed by atoms with Crippen molar-refractivity contribution < 1.29 is 8.42 Å². The zero-order valence-electron chi connectivity index (χ0n) is 6.09. The van der Waals surface area contributed by atoms with E-state index in [1.807, 2.05) is 0 Å². The Morgan fingerprint density at radius 2 is 1.85 bits per heavy atom. The predicted octanol–water partition coefficient (Wildman–Crippen LogP) is 2.40. The number of sulfonamides is 1. The summed E-state index contributed by atoms with van der Waals surface area (Å²) in [6.07, 6.45) is 0. The van der Waals surface area contributed by atoms with E-state index in [0.29, 0.717) is 0 Å².